The fraction of sp³-hybridized carbons (Fsp3) is 0.571. The molecule has 1 unspecified atom stereocenters. The highest BCUT2D eigenvalue weighted by atomic mass is 32.2. The van der Waals surface area contributed by atoms with Crippen LogP contribution in [-0.2, 0) is 9.84 Å². The highest BCUT2D eigenvalue weighted by Gasteiger charge is 2.29. The van der Waals surface area contributed by atoms with Gasteiger partial charge >= 0.3 is 0 Å². The predicted molar refractivity (Wildman–Crippen MR) is 75.4 cm³/mol. The van der Waals surface area contributed by atoms with Crippen molar-refractivity contribution in [3.63, 3.8) is 0 Å². The molecule has 1 aromatic carbocycles. The van der Waals surface area contributed by atoms with Crippen molar-refractivity contribution in [3.05, 3.63) is 17.7 Å². The summed E-state index contributed by atoms with van der Waals surface area (Å²) < 4.78 is 35.5. The largest absolute Gasteiger partial charge is 0.486 e. The molecule has 1 atom stereocenters. The first-order valence-electron chi connectivity index (χ1n) is 6.90. The smallest absolute Gasteiger partial charge is 0.180 e. The average molecular weight is 297 g/mol. The van der Waals surface area contributed by atoms with E-state index in [9.17, 15) is 8.42 Å². The minimum Gasteiger partial charge on any atom is -0.486 e. The molecule has 2 aliphatic heterocycles. The Morgan fingerprint density at radius 3 is 2.75 bits per heavy atom. The highest BCUT2D eigenvalue weighted by molar-refractivity contribution is 7.90. The minimum atomic E-state index is -3.36. The third-order valence-corrected chi connectivity index (χ3v) is 4.96. The molecule has 0 radical (unpaired) electrons. The normalized spacial score (nSPS) is 22.6. The molecule has 1 saturated heterocycles. The van der Waals surface area contributed by atoms with Crippen molar-refractivity contribution >= 4 is 9.84 Å². The lowest BCUT2D eigenvalue weighted by Crippen LogP contribution is -2.29. The molecular formula is C14H19NO4S. The topological polar surface area (TPSA) is 64.6 Å². The molecule has 0 aromatic heterocycles. The zero-order valence-electron chi connectivity index (χ0n) is 11.5. The number of piperidine rings is 1. The van der Waals surface area contributed by atoms with Crippen LogP contribution in [0.25, 0.3) is 0 Å². The highest BCUT2D eigenvalue weighted by Crippen LogP contribution is 2.42. The Bertz CT molecular complexity index is 606. The molecule has 110 valence electrons. The van der Waals surface area contributed by atoms with Gasteiger partial charge in [-0.3, -0.25) is 0 Å². The summed E-state index contributed by atoms with van der Waals surface area (Å²) in [6.45, 7) is 2.65. The Balaban J connectivity index is 2.14. The van der Waals surface area contributed by atoms with E-state index in [-0.39, 0.29) is 5.92 Å². The van der Waals surface area contributed by atoms with Crippen molar-refractivity contribution in [1.29, 1.82) is 0 Å². The fourth-order valence-electron chi connectivity index (χ4n) is 2.93. The van der Waals surface area contributed by atoms with Crippen LogP contribution in [0.4, 0.5) is 0 Å². The van der Waals surface area contributed by atoms with Crippen molar-refractivity contribution in [1.82, 2.24) is 5.32 Å². The Morgan fingerprint density at radius 2 is 2.05 bits per heavy atom. The molecule has 5 nitrogen and oxygen atoms in total. The maximum Gasteiger partial charge on any atom is 0.180 e. The predicted octanol–water partition coefficient (Wildman–Crippen LogP) is 1.33. The van der Waals surface area contributed by atoms with E-state index in [0.29, 0.717) is 29.6 Å². The third-order valence-electron chi connectivity index (χ3n) is 3.80. The SMILES string of the molecule is CS(=O)(=O)c1c(C2CCCNC2)ccc2c1OCCO2. The van der Waals surface area contributed by atoms with Gasteiger partial charge in [0.15, 0.2) is 21.3 Å². The molecule has 6 heteroatoms. The van der Waals surface area contributed by atoms with Gasteiger partial charge in [0.05, 0.1) is 0 Å². The Kier molecular flexibility index (Phi) is 3.60. The molecule has 0 spiro atoms. The van der Waals surface area contributed by atoms with E-state index in [0.717, 1.165) is 31.5 Å². The monoisotopic (exact) mass is 297 g/mol. The van der Waals surface area contributed by atoms with E-state index < -0.39 is 9.84 Å². The molecule has 2 aliphatic rings. The summed E-state index contributed by atoms with van der Waals surface area (Å²) in [5.74, 6) is 1.13. The summed E-state index contributed by atoms with van der Waals surface area (Å²) in [4.78, 5) is 0.309. The van der Waals surface area contributed by atoms with Gasteiger partial charge in [-0.15, -0.1) is 0 Å². The number of rotatable bonds is 2. The van der Waals surface area contributed by atoms with Crippen LogP contribution in [0.2, 0.25) is 0 Å². The summed E-state index contributed by atoms with van der Waals surface area (Å²) in [7, 11) is -3.36. The first-order valence-corrected chi connectivity index (χ1v) is 8.80. The summed E-state index contributed by atoms with van der Waals surface area (Å²) in [5.41, 5.74) is 0.851. The molecule has 1 N–H and O–H groups in total. The second-order valence-electron chi connectivity index (χ2n) is 5.32. The number of sulfone groups is 1. The van der Waals surface area contributed by atoms with Crippen LogP contribution in [0.1, 0.15) is 24.3 Å². The standard InChI is InChI=1S/C14H19NO4S/c1-20(16,17)14-11(10-3-2-6-15-9-10)4-5-12-13(14)19-8-7-18-12/h4-5,10,15H,2-3,6-9H2,1H3. The maximum absolute atomic E-state index is 12.2. The van der Waals surface area contributed by atoms with Gasteiger partial charge in [0.1, 0.15) is 18.1 Å². The van der Waals surface area contributed by atoms with Gasteiger partial charge in [0.2, 0.25) is 0 Å². The molecule has 1 aromatic rings. The number of nitrogens with one attached hydrogen (secondary N) is 1. The van der Waals surface area contributed by atoms with Crippen LogP contribution in [0.15, 0.2) is 17.0 Å². The zero-order valence-corrected chi connectivity index (χ0v) is 12.3. The summed E-state index contributed by atoms with van der Waals surface area (Å²) in [5, 5.41) is 3.33. The Hall–Kier alpha value is -1.27. The molecule has 0 bridgehead atoms. The van der Waals surface area contributed by atoms with Crippen molar-refractivity contribution in [3.8, 4) is 11.5 Å². The van der Waals surface area contributed by atoms with E-state index >= 15 is 0 Å². The number of hydrogen-bond acceptors (Lipinski definition) is 5. The molecular weight excluding hydrogens is 278 g/mol. The molecule has 1 fully saturated rings. The fourth-order valence-corrected chi connectivity index (χ4v) is 4.09. The lowest BCUT2D eigenvalue weighted by atomic mass is 9.91. The van der Waals surface area contributed by atoms with Crippen molar-refractivity contribution in [2.75, 3.05) is 32.6 Å². The van der Waals surface area contributed by atoms with Gasteiger partial charge in [-0.2, -0.15) is 0 Å². The van der Waals surface area contributed by atoms with Gasteiger partial charge in [0, 0.05) is 12.8 Å². The summed E-state index contributed by atoms with van der Waals surface area (Å²) in [6, 6.07) is 3.70. The van der Waals surface area contributed by atoms with Crippen LogP contribution in [0, 0.1) is 0 Å². The van der Waals surface area contributed by atoms with Crippen LogP contribution in [0.5, 0.6) is 11.5 Å². The van der Waals surface area contributed by atoms with Gasteiger partial charge in [-0.1, -0.05) is 6.07 Å². The molecule has 0 amide bonds. The lowest BCUT2D eigenvalue weighted by molar-refractivity contribution is 0.166. The van der Waals surface area contributed by atoms with Crippen LogP contribution in [0.3, 0.4) is 0 Å². The first-order chi connectivity index (χ1) is 9.57. The third kappa shape index (κ3) is 2.50. The van der Waals surface area contributed by atoms with Crippen molar-refractivity contribution in [2.45, 2.75) is 23.7 Å². The average Bonchev–Trinajstić information content (AvgIpc) is 2.46. The van der Waals surface area contributed by atoms with Crippen LogP contribution < -0.4 is 14.8 Å². The van der Waals surface area contributed by atoms with Gasteiger partial charge in [-0.05, 0) is 36.9 Å². The lowest BCUT2D eigenvalue weighted by Gasteiger charge is -2.28. The maximum atomic E-state index is 12.2. The summed E-state index contributed by atoms with van der Waals surface area (Å²) in [6.07, 6.45) is 3.29. The van der Waals surface area contributed by atoms with Gasteiger partial charge in [-0.25, -0.2) is 8.42 Å². The second-order valence-corrected chi connectivity index (χ2v) is 7.28. The Morgan fingerprint density at radius 1 is 1.25 bits per heavy atom. The minimum absolute atomic E-state index is 0.212. The van der Waals surface area contributed by atoms with Crippen LogP contribution in [-0.4, -0.2) is 41.0 Å². The van der Waals surface area contributed by atoms with Gasteiger partial charge < -0.3 is 14.8 Å². The first kappa shape index (κ1) is 13.7. The van der Waals surface area contributed by atoms with E-state index in [1.807, 2.05) is 12.1 Å². The molecule has 0 saturated carbocycles. The van der Waals surface area contributed by atoms with E-state index in [2.05, 4.69) is 5.32 Å². The van der Waals surface area contributed by atoms with Crippen molar-refractivity contribution in [2.24, 2.45) is 0 Å². The van der Waals surface area contributed by atoms with Gasteiger partial charge in [0.25, 0.3) is 0 Å². The van der Waals surface area contributed by atoms with Crippen LogP contribution >= 0.6 is 0 Å². The second kappa shape index (κ2) is 5.26. The Labute approximate surface area is 119 Å². The molecule has 20 heavy (non-hydrogen) atoms. The molecule has 3 rings (SSSR count). The number of ether oxygens (including phenoxy) is 2. The number of fused-ring (bicyclic) bond motifs is 1. The quantitative estimate of drug-likeness (QED) is 0.892. The van der Waals surface area contributed by atoms with E-state index in [1.54, 1.807) is 0 Å². The molecule has 0 aliphatic carbocycles. The van der Waals surface area contributed by atoms with Crippen molar-refractivity contribution < 1.29 is 17.9 Å². The number of benzene rings is 1. The van der Waals surface area contributed by atoms with E-state index in [4.69, 9.17) is 9.47 Å². The molecule has 2 heterocycles. The zero-order chi connectivity index (χ0) is 14.2. The summed E-state index contributed by atoms with van der Waals surface area (Å²) >= 11 is 0. The van der Waals surface area contributed by atoms with E-state index in [1.165, 1.54) is 6.26 Å². The number of hydrogen-bond donors (Lipinski definition) is 1.